The van der Waals surface area contributed by atoms with E-state index in [1.807, 2.05) is 18.2 Å². The highest BCUT2D eigenvalue weighted by atomic mass is 35.5. The summed E-state index contributed by atoms with van der Waals surface area (Å²) in [4.78, 5) is 0. The van der Waals surface area contributed by atoms with Crippen molar-refractivity contribution in [1.29, 1.82) is 0 Å². The highest BCUT2D eigenvalue weighted by molar-refractivity contribution is 6.33. The monoisotopic (exact) mass is 265 g/mol. The van der Waals surface area contributed by atoms with Gasteiger partial charge in [0.05, 0.1) is 7.11 Å². The molecule has 0 radical (unpaired) electrons. The molecule has 0 amide bonds. The third-order valence-corrected chi connectivity index (χ3v) is 3.09. The zero-order valence-electron chi connectivity index (χ0n) is 9.91. The van der Waals surface area contributed by atoms with Gasteiger partial charge in [0.15, 0.2) is 0 Å². The number of benzene rings is 2. The summed E-state index contributed by atoms with van der Waals surface area (Å²) in [6.45, 7) is 0.353. The van der Waals surface area contributed by atoms with Crippen molar-refractivity contribution in [2.75, 3.05) is 7.11 Å². The van der Waals surface area contributed by atoms with E-state index >= 15 is 0 Å². The van der Waals surface area contributed by atoms with Gasteiger partial charge in [0.1, 0.15) is 11.6 Å². The van der Waals surface area contributed by atoms with Crippen LogP contribution >= 0.6 is 11.6 Å². The number of rotatable bonds is 3. The van der Waals surface area contributed by atoms with Crippen LogP contribution in [0.4, 0.5) is 4.39 Å². The first kappa shape index (κ1) is 12.9. The van der Waals surface area contributed by atoms with E-state index in [2.05, 4.69) is 0 Å². The largest absolute Gasteiger partial charge is 0.497 e. The summed E-state index contributed by atoms with van der Waals surface area (Å²) in [6.07, 6.45) is 0. The molecule has 0 aliphatic heterocycles. The summed E-state index contributed by atoms with van der Waals surface area (Å²) in [5.74, 6) is 0.350. The van der Waals surface area contributed by atoms with Crippen molar-refractivity contribution in [3.63, 3.8) is 0 Å². The Morgan fingerprint density at radius 1 is 1.17 bits per heavy atom. The van der Waals surface area contributed by atoms with Crippen molar-refractivity contribution < 1.29 is 9.13 Å². The van der Waals surface area contributed by atoms with E-state index in [1.54, 1.807) is 7.11 Å². The summed E-state index contributed by atoms with van der Waals surface area (Å²) >= 11 is 6.11. The fraction of sp³-hybridized carbons (Fsp3) is 0.143. The van der Waals surface area contributed by atoms with Gasteiger partial charge in [-0.25, -0.2) is 4.39 Å². The van der Waals surface area contributed by atoms with Gasteiger partial charge in [-0.3, -0.25) is 0 Å². The van der Waals surface area contributed by atoms with Gasteiger partial charge in [0, 0.05) is 17.1 Å². The average Bonchev–Trinajstić information content (AvgIpc) is 2.40. The number of nitrogens with two attached hydrogens (primary N) is 1. The van der Waals surface area contributed by atoms with E-state index in [9.17, 15) is 4.39 Å². The van der Waals surface area contributed by atoms with Crippen LogP contribution in [0.2, 0.25) is 5.02 Å². The van der Waals surface area contributed by atoms with Crippen LogP contribution in [0.5, 0.6) is 5.75 Å². The van der Waals surface area contributed by atoms with Gasteiger partial charge in [-0.15, -0.1) is 0 Å². The fourth-order valence-electron chi connectivity index (χ4n) is 1.82. The van der Waals surface area contributed by atoms with Crippen LogP contribution < -0.4 is 10.5 Å². The molecular weight excluding hydrogens is 253 g/mol. The molecule has 0 aliphatic carbocycles. The van der Waals surface area contributed by atoms with Gasteiger partial charge >= 0.3 is 0 Å². The first-order valence-corrected chi connectivity index (χ1v) is 5.86. The average molecular weight is 266 g/mol. The second kappa shape index (κ2) is 5.38. The zero-order valence-corrected chi connectivity index (χ0v) is 10.7. The maximum Gasteiger partial charge on any atom is 0.123 e. The number of halogens is 2. The maximum atomic E-state index is 13.3. The molecule has 4 heteroatoms. The molecule has 2 N–H and O–H groups in total. The van der Waals surface area contributed by atoms with Gasteiger partial charge in [-0.05, 0) is 41.5 Å². The van der Waals surface area contributed by atoms with Crippen molar-refractivity contribution in [2.45, 2.75) is 6.54 Å². The Bertz CT molecular complexity index is 572. The van der Waals surface area contributed by atoms with Gasteiger partial charge in [0.25, 0.3) is 0 Å². The second-order valence-corrected chi connectivity index (χ2v) is 4.26. The highest BCUT2D eigenvalue weighted by Gasteiger charge is 2.10. The molecule has 18 heavy (non-hydrogen) atoms. The predicted octanol–water partition coefficient (Wildman–Crippen LogP) is 3.61. The van der Waals surface area contributed by atoms with Crippen LogP contribution in [-0.2, 0) is 6.54 Å². The lowest BCUT2D eigenvalue weighted by Crippen LogP contribution is -2.00. The molecule has 0 bridgehead atoms. The highest BCUT2D eigenvalue weighted by Crippen LogP contribution is 2.33. The Labute approximate surface area is 110 Å². The molecule has 2 aromatic rings. The van der Waals surface area contributed by atoms with Crippen LogP contribution in [0, 0.1) is 5.82 Å². The zero-order chi connectivity index (χ0) is 13.1. The third-order valence-electron chi connectivity index (χ3n) is 2.76. The predicted molar refractivity (Wildman–Crippen MR) is 71.3 cm³/mol. The summed E-state index contributed by atoms with van der Waals surface area (Å²) < 4.78 is 18.5. The minimum Gasteiger partial charge on any atom is -0.497 e. The lowest BCUT2D eigenvalue weighted by Gasteiger charge is -2.12. The van der Waals surface area contributed by atoms with Crippen molar-refractivity contribution >= 4 is 11.6 Å². The quantitative estimate of drug-likeness (QED) is 0.920. The van der Waals surface area contributed by atoms with E-state index in [0.29, 0.717) is 22.9 Å². The standard InChI is InChI=1S/C14H13ClFNO/c1-18-11-4-2-9(8-17)12(7-11)13-6-10(16)3-5-14(13)15/h2-7H,8,17H2,1H3. The lowest BCUT2D eigenvalue weighted by molar-refractivity contribution is 0.415. The summed E-state index contributed by atoms with van der Waals surface area (Å²) in [6, 6.07) is 9.74. The van der Waals surface area contributed by atoms with Gasteiger partial charge in [-0.2, -0.15) is 0 Å². The molecule has 0 spiro atoms. The molecule has 0 fully saturated rings. The summed E-state index contributed by atoms with van der Waals surface area (Å²) in [5.41, 5.74) is 8.00. The van der Waals surface area contributed by atoms with Gasteiger partial charge in [-0.1, -0.05) is 17.7 Å². The topological polar surface area (TPSA) is 35.2 Å². The van der Waals surface area contributed by atoms with Crippen molar-refractivity contribution in [2.24, 2.45) is 5.73 Å². The summed E-state index contributed by atoms with van der Waals surface area (Å²) in [7, 11) is 1.58. The van der Waals surface area contributed by atoms with Crippen LogP contribution in [0.25, 0.3) is 11.1 Å². The van der Waals surface area contributed by atoms with E-state index in [4.69, 9.17) is 22.1 Å². The molecule has 0 unspecified atom stereocenters. The molecule has 0 saturated carbocycles. The number of hydrogen-bond acceptors (Lipinski definition) is 2. The molecule has 2 nitrogen and oxygen atoms in total. The van der Waals surface area contributed by atoms with E-state index in [-0.39, 0.29) is 5.82 Å². The Morgan fingerprint density at radius 2 is 1.94 bits per heavy atom. The maximum absolute atomic E-state index is 13.3. The minimum atomic E-state index is -0.333. The van der Waals surface area contributed by atoms with Crippen LogP contribution in [-0.4, -0.2) is 7.11 Å². The molecule has 94 valence electrons. The molecule has 2 rings (SSSR count). The Hall–Kier alpha value is -1.58. The Balaban J connectivity index is 2.64. The van der Waals surface area contributed by atoms with Gasteiger partial charge < -0.3 is 10.5 Å². The molecule has 2 aromatic carbocycles. The molecule has 0 aliphatic rings. The molecule has 0 saturated heterocycles. The van der Waals surface area contributed by atoms with Crippen LogP contribution in [0.3, 0.4) is 0 Å². The molecule has 0 heterocycles. The molecule has 0 atom stereocenters. The third kappa shape index (κ3) is 2.47. The second-order valence-electron chi connectivity index (χ2n) is 3.85. The van der Waals surface area contributed by atoms with Crippen molar-refractivity contribution in [3.8, 4) is 16.9 Å². The Kier molecular flexibility index (Phi) is 3.84. The molecule has 0 aromatic heterocycles. The SMILES string of the molecule is COc1ccc(CN)c(-c2cc(F)ccc2Cl)c1. The summed E-state index contributed by atoms with van der Waals surface area (Å²) in [5, 5.41) is 0.486. The molecular formula is C14H13ClFNO. The minimum absolute atomic E-state index is 0.333. The van der Waals surface area contributed by atoms with Crippen molar-refractivity contribution in [1.82, 2.24) is 0 Å². The number of hydrogen-bond donors (Lipinski definition) is 1. The van der Waals surface area contributed by atoms with Crippen LogP contribution in [0.1, 0.15) is 5.56 Å². The first-order chi connectivity index (χ1) is 8.65. The van der Waals surface area contributed by atoms with E-state index in [1.165, 1.54) is 18.2 Å². The van der Waals surface area contributed by atoms with Gasteiger partial charge in [0.2, 0.25) is 0 Å². The number of methoxy groups -OCH3 is 1. The smallest absolute Gasteiger partial charge is 0.123 e. The normalized spacial score (nSPS) is 10.4. The van der Waals surface area contributed by atoms with Crippen molar-refractivity contribution in [3.05, 3.63) is 52.8 Å². The first-order valence-electron chi connectivity index (χ1n) is 5.48. The van der Waals surface area contributed by atoms with E-state index < -0.39 is 0 Å². The Morgan fingerprint density at radius 3 is 2.61 bits per heavy atom. The lowest BCUT2D eigenvalue weighted by atomic mass is 9.99. The van der Waals surface area contributed by atoms with Crippen LogP contribution in [0.15, 0.2) is 36.4 Å². The fourth-order valence-corrected chi connectivity index (χ4v) is 2.03. The van der Waals surface area contributed by atoms with E-state index in [0.717, 1.165) is 11.1 Å². The number of ether oxygens (including phenoxy) is 1.